The van der Waals surface area contributed by atoms with E-state index in [1.165, 1.54) is 6.42 Å². The molecule has 19 heavy (non-hydrogen) atoms. The first-order valence-electron chi connectivity index (χ1n) is 7.72. The lowest BCUT2D eigenvalue weighted by Crippen LogP contribution is -2.55. The van der Waals surface area contributed by atoms with E-state index in [4.69, 9.17) is 14.6 Å². The summed E-state index contributed by atoms with van der Waals surface area (Å²) in [4.78, 5) is 0. The molecule has 1 saturated heterocycles. The Bertz CT molecular complexity index is 226. The van der Waals surface area contributed by atoms with E-state index in [0.29, 0.717) is 0 Å². The Morgan fingerprint density at radius 2 is 1.84 bits per heavy atom. The number of nitrogens with zero attached hydrogens (tertiary/aromatic N) is 1. The van der Waals surface area contributed by atoms with Gasteiger partial charge in [-0.2, -0.15) is 0 Å². The Morgan fingerprint density at radius 3 is 2.47 bits per heavy atom. The first-order chi connectivity index (χ1) is 9.29. The van der Waals surface area contributed by atoms with Gasteiger partial charge in [0.1, 0.15) is 0 Å². The molecular weight excluding hydrogens is 258 g/mol. The Hall–Kier alpha value is 0.0169. The third-order valence-corrected chi connectivity index (χ3v) is 7.36. The summed E-state index contributed by atoms with van der Waals surface area (Å²) in [6, 6.07) is 1.12. The topological polar surface area (TPSA) is 59.8 Å². The predicted octanol–water partition coefficient (Wildman–Crippen LogP) is 1.03. The van der Waals surface area contributed by atoms with Crippen molar-refractivity contribution in [2.45, 2.75) is 39.2 Å². The van der Waals surface area contributed by atoms with E-state index in [0.717, 1.165) is 64.8 Å². The van der Waals surface area contributed by atoms with Crippen LogP contribution in [-0.2, 0) is 8.85 Å². The molecule has 6 heteroatoms. The Balaban J connectivity index is 2.29. The van der Waals surface area contributed by atoms with Gasteiger partial charge in [-0.15, -0.1) is 0 Å². The van der Waals surface area contributed by atoms with Crippen molar-refractivity contribution in [1.82, 2.24) is 9.88 Å². The molecule has 0 amide bonds. The van der Waals surface area contributed by atoms with Crippen LogP contribution < -0.4 is 11.1 Å². The molecule has 1 aliphatic rings. The molecule has 1 heterocycles. The Labute approximate surface area is 119 Å². The number of hydrogen-bond acceptors (Lipinski definition) is 5. The van der Waals surface area contributed by atoms with E-state index in [-0.39, 0.29) is 0 Å². The molecule has 5 nitrogen and oxygen atoms in total. The molecule has 1 fully saturated rings. The Morgan fingerprint density at radius 1 is 1.16 bits per heavy atom. The minimum Gasteiger partial charge on any atom is -0.383 e. The average molecular weight is 289 g/mol. The van der Waals surface area contributed by atoms with Crippen molar-refractivity contribution in [3.05, 3.63) is 0 Å². The summed E-state index contributed by atoms with van der Waals surface area (Å²) in [5, 5.41) is 3.43. The van der Waals surface area contributed by atoms with E-state index < -0.39 is 8.72 Å². The van der Waals surface area contributed by atoms with Crippen LogP contribution in [0.4, 0.5) is 0 Å². The lowest BCUT2D eigenvalue weighted by atomic mass is 10.3. The fourth-order valence-electron chi connectivity index (χ4n) is 2.67. The van der Waals surface area contributed by atoms with E-state index in [2.05, 4.69) is 23.7 Å². The van der Waals surface area contributed by atoms with Crippen LogP contribution in [0.25, 0.3) is 0 Å². The number of nitrogens with one attached hydrogen (secondary N) is 1. The molecule has 114 valence electrons. The molecule has 0 aromatic heterocycles. The molecule has 0 unspecified atom stereocenters. The van der Waals surface area contributed by atoms with Gasteiger partial charge in [0.15, 0.2) is 0 Å². The third-order valence-electron chi connectivity index (χ3n) is 3.48. The average Bonchev–Trinajstić information content (AvgIpc) is 2.78. The minimum absolute atomic E-state index is 0.761. The zero-order valence-corrected chi connectivity index (χ0v) is 13.6. The number of nitrogens with two attached hydrogens (primary N) is 1. The molecule has 0 aliphatic carbocycles. The molecule has 0 spiro atoms. The van der Waals surface area contributed by atoms with Crippen molar-refractivity contribution in [2.75, 3.05) is 45.9 Å². The summed E-state index contributed by atoms with van der Waals surface area (Å²) in [6.07, 6.45) is 3.42. The van der Waals surface area contributed by atoms with Crippen LogP contribution in [0.5, 0.6) is 0 Å². The quantitative estimate of drug-likeness (QED) is 0.439. The van der Waals surface area contributed by atoms with Gasteiger partial charge in [0.05, 0.1) is 0 Å². The smallest absolute Gasteiger partial charge is 0.383 e. The highest BCUT2D eigenvalue weighted by Crippen LogP contribution is 2.28. The van der Waals surface area contributed by atoms with Gasteiger partial charge in [-0.3, -0.25) is 4.57 Å². The van der Waals surface area contributed by atoms with Gasteiger partial charge in [0, 0.05) is 19.3 Å². The predicted molar refractivity (Wildman–Crippen MR) is 81.2 cm³/mol. The molecule has 0 atom stereocenters. The second kappa shape index (κ2) is 9.85. The van der Waals surface area contributed by atoms with Gasteiger partial charge in [-0.1, -0.05) is 0 Å². The van der Waals surface area contributed by atoms with Crippen molar-refractivity contribution in [1.29, 1.82) is 0 Å². The maximum absolute atomic E-state index is 6.04. The maximum atomic E-state index is 6.04. The summed E-state index contributed by atoms with van der Waals surface area (Å²) < 4.78 is 14.6. The highest BCUT2D eigenvalue weighted by molar-refractivity contribution is 6.65. The van der Waals surface area contributed by atoms with Crippen molar-refractivity contribution in [2.24, 2.45) is 5.73 Å². The summed E-state index contributed by atoms with van der Waals surface area (Å²) in [6.45, 7) is 10.7. The van der Waals surface area contributed by atoms with Crippen molar-refractivity contribution in [3.8, 4) is 0 Å². The lowest BCUT2D eigenvalue weighted by molar-refractivity contribution is 0.136. The first kappa shape index (κ1) is 17.1. The van der Waals surface area contributed by atoms with E-state index in [1.807, 2.05) is 0 Å². The van der Waals surface area contributed by atoms with Crippen LogP contribution in [0.1, 0.15) is 33.1 Å². The fourth-order valence-corrected chi connectivity index (χ4v) is 6.23. The van der Waals surface area contributed by atoms with E-state index in [1.54, 1.807) is 0 Å². The second-order valence-electron chi connectivity index (χ2n) is 4.92. The van der Waals surface area contributed by atoms with Gasteiger partial charge < -0.3 is 19.9 Å². The molecule has 0 bridgehead atoms. The van der Waals surface area contributed by atoms with Crippen LogP contribution >= 0.6 is 0 Å². The standard InChI is InChI=1S/C13H31N3O2Si/c1-3-17-19(18-4-2)13-7-12-16(19)11-6-10-15-9-5-8-14/h15H,3-14H2,1-2H3. The van der Waals surface area contributed by atoms with Gasteiger partial charge in [0.2, 0.25) is 0 Å². The third kappa shape index (κ3) is 5.49. The zero-order valence-electron chi connectivity index (χ0n) is 12.6. The summed E-state index contributed by atoms with van der Waals surface area (Å²) in [5.74, 6) is 0. The highest BCUT2D eigenvalue weighted by atomic mass is 28.4. The van der Waals surface area contributed by atoms with Crippen LogP contribution in [0, 0.1) is 0 Å². The summed E-state index contributed by atoms with van der Waals surface area (Å²) >= 11 is 0. The Kier molecular flexibility index (Phi) is 8.85. The van der Waals surface area contributed by atoms with Crippen LogP contribution in [0.2, 0.25) is 6.04 Å². The van der Waals surface area contributed by atoms with Crippen molar-refractivity contribution < 1.29 is 8.85 Å². The van der Waals surface area contributed by atoms with Crippen molar-refractivity contribution >= 4 is 8.72 Å². The van der Waals surface area contributed by atoms with Crippen LogP contribution in [0.3, 0.4) is 0 Å². The highest BCUT2D eigenvalue weighted by Gasteiger charge is 2.48. The number of rotatable bonds is 11. The van der Waals surface area contributed by atoms with Gasteiger partial charge in [-0.05, 0) is 65.8 Å². The molecule has 1 rings (SSSR count). The largest absolute Gasteiger partial charge is 0.427 e. The minimum atomic E-state index is -2.05. The normalized spacial score (nSPS) is 19.1. The van der Waals surface area contributed by atoms with Gasteiger partial charge in [0.25, 0.3) is 0 Å². The first-order valence-corrected chi connectivity index (χ1v) is 9.70. The molecule has 3 N–H and O–H groups in total. The lowest BCUT2D eigenvalue weighted by Gasteiger charge is -2.34. The molecular formula is C13H31N3O2Si. The van der Waals surface area contributed by atoms with E-state index >= 15 is 0 Å². The van der Waals surface area contributed by atoms with E-state index in [9.17, 15) is 0 Å². The maximum Gasteiger partial charge on any atom is 0.427 e. The molecule has 0 aromatic carbocycles. The number of hydrogen-bond donors (Lipinski definition) is 2. The molecule has 0 saturated carbocycles. The molecule has 0 aromatic rings. The van der Waals surface area contributed by atoms with Crippen LogP contribution in [-0.4, -0.2) is 59.2 Å². The molecule has 1 aliphatic heterocycles. The van der Waals surface area contributed by atoms with Gasteiger partial charge in [-0.25, -0.2) is 0 Å². The van der Waals surface area contributed by atoms with Crippen molar-refractivity contribution in [3.63, 3.8) is 0 Å². The monoisotopic (exact) mass is 289 g/mol. The summed E-state index contributed by atoms with van der Waals surface area (Å²) in [5.41, 5.74) is 5.47. The zero-order chi connectivity index (χ0) is 14.0. The van der Waals surface area contributed by atoms with Gasteiger partial charge >= 0.3 is 8.72 Å². The second-order valence-corrected chi connectivity index (χ2v) is 8.05. The molecule has 0 radical (unpaired) electrons. The fraction of sp³-hybridized carbons (Fsp3) is 1.00. The van der Waals surface area contributed by atoms with Crippen LogP contribution in [0.15, 0.2) is 0 Å². The SMILES string of the molecule is CCO[Si]1(OCC)CCCN1CCCNCCCN. The summed E-state index contributed by atoms with van der Waals surface area (Å²) in [7, 11) is -2.05.